The number of carbonyl (C=O) groups is 1. The zero-order valence-corrected chi connectivity index (χ0v) is 13.0. The second kappa shape index (κ2) is 7.57. The smallest absolute Gasteiger partial charge is 0.258 e. The normalized spacial score (nSPS) is 10.5. The lowest BCUT2D eigenvalue weighted by atomic mass is 10.1. The molecule has 0 aliphatic rings. The third kappa shape index (κ3) is 4.41. The van der Waals surface area contributed by atoms with Crippen LogP contribution in [0.5, 0.6) is 5.75 Å². The summed E-state index contributed by atoms with van der Waals surface area (Å²) < 4.78 is 37.0. The highest BCUT2D eigenvalue weighted by Gasteiger charge is 2.13. The second-order valence-electron chi connectivity index (χ2n) is 5.19. The first-order valence-corrected chi connectivity index (χ1v) is 7.47. The number of halogens is 2. The van der Waals surface area contributed by atoms with Gasteiger partial charge in [0.05, 0.1) is 12.1 Å². The van der Waals surface area contributed by atoms with Crippen molar-refractivity contribution in [3.63, 3.8) is 0 Å². The maximum atomic E-state index is 13.7. The molecule has 25 heavy (non-hydrogen) atoms. The number of aromatic nitrogens is 1. The van der Waals surface area contributed by atoms with E-state index < -0.39 is 11.6 Å². The van der Waals surface area contributed by atoms with Crippen LogP contribution in [0.4, 0.5) is 8.78 Å². The fourth-order valence-electron chi connectivity index (χ4n) is 2.12. The Balaban J connectivity index is 1.54. The largest absolute Gasteiger partial charge is 0.484 e. The van der Waals surface area contributed by atoms with Crippen molar-refractivity contribution in [2.45, 2.75) is 6.54 Å². The molecule has 1 N–H and O–H groups in total. The molecule has 1 heterocycles. The molecular formula is C18H14F2N2O3. The number of rotatable bonds is 6. The molecule has 128 valence electrons. The van der Waals surface area contributed by atoms with Gasteiger partial charge in [0.2, 0.25) is 0 Å². The summed E-state index contributed by atoms with van der Waals surface area (Å²) in [4.78, 5) is 11.8. The molecule has 0 spiro atoms. The Kier molecular flexibility index (Phi) is 5.03. The third-order valence-electron chi connectivity index (χ3n) is 3.34. The SMILES string of the molecule is O=C(COc1ccccc1)NCc1cc(-c2ccc(F)cc2F)on1. The summed E-state index contributed by atoms with van der Waals surface area (Å²) >= 11 is 0. The molecule has 1 amide bonds. The van der Waals surface area contributed by atoms with E-state index >= 15 is 0 Å². The molecule has 0 unspecified atom stereocenters. The van der Waals surface area contributed by atoms with Crippen molar-refractivity contribution in [1.82, 2.24) is 10.5 Å². The Morgan fingerprint density at radius 2 is 1.92 bits per heavy atom. The van der Waals surface area contributed by atoms with Crippen LogP contribution in [-0.4, -0.2) is 17.7 Å². The molecule has 0 radical (unpaired) electrons. The van der Waals surface area contributed by atoms with Gasteiger partial charge in [-0.1, -0.05) is 23.4 Å². The molecule has 0 aliphatic carbocycles. The van der Waals surface area contributed by atoms with Gasteiger partial charge in [0.15, 0.2) is 12.4 Å². The van der Waals surface area contributed by atoms with Crippen molar-refractivity contribution in [3.8, 4) is 17.1 Å². The second-order valence-corrected chi connectivity index (χ2v) is 5.19. The minimum absolute atomic E-state index is 0.0962. The van der Waals surface area contributed by atoms with E-state index in [0.717, 1.165) is 12.1 Å². The number of carbonyl (C=O) groups excluding carboxylic acids is 1. The van der Waals surface area contributed by atoms with E-state index in [1.807, 2.05) is 6.07 Å². The van der Waals surface area contributed by atoms with Crippen LogP contribution in [0.2, 0.25) is 0 Å². The van der Waals surface area contributed by atoms with Crippen LogP contribution in [-0.2, 0) is 11.3 Å². The zero-order chi connectivity index (χ0) is 17.6. The molecule has 3 rings (SSSR count). The van der Waals surface area contributed by atoms with E-state index in [1.54, 1.807) is 24.3 Å². The standard InChI is InChI=1S/C18H14F2N2O3/c19-12-6-7-15(16(20)8-12)17-9-13(22-25-17)10-21-18(23)11-24-14-4-2-1-3-5-14/h1-9H,10-11H2,(H,21,23). The van der Waals surface area contributed by atoms with Gasteiger partial charge >= 0.3 is 0 Å². The molecular weight excluding hydrogens is 330 g/mol. The van der Waals surface area contributed by atoms with Crippen LogP contribution in [0.25, 0.3) is 11.3 Å². The van der Waals surface area contributed by atoms with E-state index in [9.17, 15) is 13.6 Å². The van der Waals surface area contributed by atoms with Gasteiger partial charge in [0.1, 0.15) is 23.1 Å². The first-order chi connectivity index (χ1) is 12.1. The van der Waals surface area contributed by atoms with E-state index in [2.05, 4.69) is 10.5 Å². The highest BCUT2D eigenvalue weighted by atomic mass is 19.1. The van der Waals surface area contributed by atoms with Crippen molar-refractivity contribution in [1.29, 1.82) is 0 Å². The average molecular weight is 344 g/mol. The van der Waals surface area contributed by atoms with E-state index in [4.69, 9.17) is 9.26 Å². The molecule has 0 fully saturated rings. The number of para-hydroxylation sites is 1. The topological polar surface area (TPSA) is 64.4 Å². The molecule has 0 saturated carbocycles. The van der Waals surface area contributed by atoms with Gasteiger partial charge in [-0.3, -0.25) is 4.79 Å². The highest BCUT2D eigenvalue weighted by molar-refractivity contribution is 5.77. The van der Waals surface area contributed by atoms with Crippen LogP contribution in [0.1, 0.15) is 5.69 Å². The summed E-state index contributed by atoms with van der Waals surface area (Å²) in [6.45, 7) is -0.0371. The van der Waals surface area contributed by atoms with Gasteiger partial charge in [-0.25, -0.2) is 8.78 Å². The molecule has 2 aromatic carbocycles. The van der Waals surface area contributed by atoms with E-state index in [-0.39, 0.29) is 30.4 Å². The predicted molar refractivity (Wildman–Crippen MR) is 85.6 cm³/mol. The highest BCUT2D eigenvalue weighted by Crippen LogP contribution is 2.24. The van der Waals surface area contributed by atoms with Crippen molar-refractivity contribution < 1.29 is 22.8 Å². The first-order valence-electron chi connectivity index (χ1n) is 7.47. The monoisotopic (exact) mass is 344 g/mol. The van der Waals surface area contributed by atoms with Gasteiger partial charge < -0.3 is 14.6 Å². The average Bonchev–Trinajstić information content (AvgIpc) is 3.08. The molecule has 0 bridgehead atoms. The van der Waals surface area contributed by atoms with Crippen LogP contribution < -0.4 is 10.1 Å². The lowest BCUT2D eigenvalue weighted by Gasteiger charge is -2.05. The number of amides is 1. The number of benzene rings is 2. The molecule has 5 nitrogen and oxygen atoms in total. The Labute approximate surface area is 142 Å². The van der Waals surface area contributed by atoms with Crippen molar-refractivity contribution in [2.24, 2.45) is 0 Å². The maximum Gasteiger partial charge on any atom is 0.258 e. The molecule has 0 atom stereocenters. The van der Waals surface area contributed by atoms with Crippen molar-refractivity contribution >= 4 is 5.91 Å². The third-order valence-corrected chi connectivity index (χ3v) is 3.34. The molecule has 0 aliphatic heterocycles. The Bertz CT molecular complexity index is 866. The maximum absolute atomic E-state index is 13.7. The van der Waals surface area contributed by atoms with Gasteiger partial charge in [0, 0.05) is 12.1 Å². The minimum atomic E-state index is -0.747. The fraction of sp³-hybridized carbons (Fsp3) is 0.111. The molecule has 0 saturated heterocycles. The van der Waals surface area contributed by atoms with Crippen LogP contribution in [0.15, 0.2) is 59.1 Å². The van der Waals surface area contributed by atoms with Crippen molar-refractivity contribution in [2.75, 3.05) is 6.61 Å². The number of nitrogens with zero attached hydrogens (tertiary/aromatic N) is 1. The minimum Gasteiger partial charge on any atom is -0.484 e. The zero-order valence-electron chi connectivity index (χ0n) is 13.0. The summed E-state index contributed by atoms with van der Waals surface area (Å²) in [5.41, 5.74) is 0.505. The van der Waals surface area contributed by atoms with Gasteiger partial charge in [-0.05, 0) is 24.3 Å². The Hall–Kier alpha value is -3.22. The van der Waals surface area contributed by atoms with E-state index in [1.165, 1.54) is 12.1 Å². The summed E-state index contributed by atoms with van der Waals surface area (Å²) in [5, 5.41) is 6.37. The first kappa shape index (κ1) is 16.6. The summed E-state index contributed by atoms with van der Waals surface area (Å²) in [6, 6.07) is 13.6. The molecule has 3 aromatic rings. The Morgan fingerprint density at radius 3 is 2.68 bits per heavy atom. The lowest BCUT2D eigenvalue weighted by molar-refractivity contribution is -0.123. The lowest BCUT2D eigenvalue weighted by Crippen LogP contribution is -2.28. The van der Waals surface area contributed by atoms with Gasteiger partial charge in [-0.2, -0.15) is 0 Å². The number of hydrogen-bond acceptors (Lipinski definition) is 4. The molecule has 1 aromatic heterocycles. The summed E-state index contributed by atoms with van der Waals surface area (Å²) in [7, 11) is 0. The number of ether oxygens (including phenoxy) is 1. The van der Waals surface area contributed by atoms with Crippen LogP contribution in [0, 0.1) is 11.6 Å². The van der Waals surface area contributed by atoms with Crippen LogP contribution >= 0.6 is 0 Å². The molecule has 7 heteroatoms. The van der Waals surface area contributed by atoms with Gasteiger partial charge in [0.25, 0.3) is 5.91 Å². The van der Waals surface area contributed by atoms with Crippen LogP contribution in [0.3, 0.4) is 0 Å². The summed E-state index contributed by atoms with van der Waals surface area (Å²) in [5.74, 6) is -1.01. The number of nitrogens with one attached hydrogen (secondary N) is 1. The van der Waals surface area contributed by atoms with Crippen molar-refractivity contribution in [3.05, 3.63) is 71.9 Å². The summed E-state index contributed by atoms with van der Waals surface area (Å²) in [6.07, 6.45) is 0. The Morgan fingerprint density at radius 1 is 1.12 bits per heavy atom. The number of hydrogen-bond donors (Lipinski definition) is 1. The fourth-order valence-corrected chi connectivity index (χ4v) is 2.12. The predicted octanol–water partition coefficient (Wildman–Crippen LogP) is 3.32. The quantitative estimate of drug-likeness (QED) is 0.745. The van der Waals surface area contributed by atoms with E-state index in [0.29, 0.717) is 11.4 Å². The van der Waals surface area contributed by atoms with Gasteiger partial charge in [-0.15, -0.1) is 0 Å².